The zero-order valence-electron chi connectivity index (χ0n) is 12.8. The van der Waals surface area contributed by atoms with Gasteiger partial charge in [0.15, 0.2) is 0 Å². The van der Waals surface area contributed by atoms with E-state index in [1.807, 2.05) is 19.9 Å². The number of nitro groups is 1. The Morgan fingerprint density at radius 2 is 2.14 bits per heavy atom. The minimum atomic E-state index is -0.457. The maximum absolute atomic E-state index is 10.9. The van der Waals surface area contributed by atoms with Crippen LogP contribution in [0.3, 0.4) is 0 Å². The average Bonchev–Trinajstić information content (AvgIpc) is 2.78. The number of benzene rings is 1. The third kappa shape index (κ3) is 2.91. The highest BCUT2D eigenvalue weighted by atomic mass is 16.6. The number of nitriles is 1. The molecule has 2 aromatic rings. The van der Waals surface area contributed by atoms with Crippen molar-refractivity contribution in [3.63, 3.8) is 0 Å². The van der Waals surface area contributed by atoms with Crippen molar-refractivity contribution >= 4 is 17.3 Å². The molecule has 5 heteroatoms. The Balaban J connectivity index is 2.51. The summed E-state index contributed by atoms with van der Waals surface area (Å²) in [7, 11) is 0. The van der Waals surface area contributed by atoms with Crippen LogP contribution in [0.25, 0.3) is 11.6 Å². The topological polar surface area (TPSA) is 71.9 Å². The van der Waals surface area contributed by atoms with Crippen molar-refractivity contribution in [3.8, 4) is 6.07 Å². The fourth-order valence-corrected chi connectivity index (χ4v) is 2.58. The summed E-state index contributed by atoms with van der Waals surface area (Å²) in [6.45, 7) is 6.96. The van der Waals surface area contributed by atoms with Crippen LogP contribution >= 0.6 is 0 Å². The first-order valence-corrected chi connectivity index (χ1v) is 7.01. The number of rotatable bonds is 4. The molecule has 1 aromatic heterocycles. The summed E-state index contributed by atoms with van der Waals surface area (Å²) in [6.07, 6.45) is 1.79. The van der Waals surface area contributed by atoms with Crippen molar-refractivity contribution in [3.05, 3.63) is 63.0 Å². The monoisotopic (exact) mass is 295 g/mol. The molecule has 0 aliphatic carbocycles. The van der Waals surface area contributed by atoms with Crippen molar-refractivity contribution in [1.29, 1.82) is 5.26 Å². The lowest BCUT2D eigenvalue weighted by Gasteiger charge is -2.05. The second-order valence-electron chi connectivity index (χ2n) is 5.05. The number of aromatic nitrogens is 1. The number of aryl methyl sites for hydroxylation is 1. The quantitative estimate of drug-likeness (QED) is 0.484. The lowest BCUT2D eigenvalue weighted by Crippen LogP contribution is -1.98. The van der Waals surface area contributed by atoms with E-state index < -0.39 is 4.92 Å². The summed E-state index contributed by atoms with van der Waals surface area (Å²) in [5.74, 6) is 0. The first-order chi connectivity index (χ1) is 10.5. The van der Waals surface area contributed by atoms with E-state index in [0.29, 0.717) is 11.1 Å². The second-order valence-corrected chi connectivity index (χ2v) is 5.05. The van der Waals surface area contributed by atoms with Crippen LogP contribution in [0, 0.1) is 35.3 Å². The zero-order chi connectivity index (χ0) is 16.3. The summed E-state index contributed by atoms with van der Waals surface area (Å²) in [4.78, 5) is 10.4. The molecule has 0 unspecified atom stereocenters. The van der Waals surface area contributed by atoms with Crippen LogP contribution in [0.15, 0.2) is 30.3 Å². The Kier molecular flexibility index (Phi) is 4.42. The van der Waals surface area contributed by atoms with E-state index in [4.69, 9.17) is 0 Å². The van der Waals surface area contributed by atoms with E-state index in [2.05, 4.69) is 17.6 Å². The normalized spacial score (nSPS) is 11.3. The highest BCUT2D eigenvalue weighted by Crippen LogP contribution is 2.24. The molecule has 0 saturated carbocycles. The molecule has 0 bridgehead atoms. The van der Waals surface area contributed by atoms with Crippen molar-refractivity contribution in [2.45, 2.75) is 27.3 Å². The van der Waals surface area contributed by atoms with E-state index in [-0.39, 0.29) is 5.69 Å². The summed E-state index contributed by atoms with van der Waals surface area (Å²) in [6, 6.07) is 10.3. The van der Waals surface area contributed by atoms with Crippen LogP contribution in [0.5, 0.6) is 0 Å². The highest BCUT2D eigenvalue weighted by molar-refractivity contribution is 5.90. The Morgan fingerprint density at radius 3 is 2.68 bits per heavy atom. The molecule has 0 radical (unpaired) electrons. The molecule has 0 aliphatic rings. The van der Waals surface area contributed by atoms with Crippen LogP contribution in [-0.4, -0.2) is 9.49 Å². The molecule has 1 aromatic carbocycles. The van der Waals surface area contributed by atoms with Crippen molar-refractivity contribution in [2.75, 3.05) is 0 Å². The summed E-state index contributed by atoms with van der Waals surface area (Å²) >= 11 is 0. The molecule has 5 nitrogen and oxygen atoms in total. The Morgan fingerprint density at radius 1 is 1.41 bits per heavy atom. The summed E-state index contributed by atoms with van der Waals surface area (Å²) in [5.41, 5.74) is 4.12. The zero-order valence-corrected chi connectivity index (χ0v) is 12.8. The molecule has 0 aliphatic heterocycles. The lowest BCUT2D eigenvalue weighted by molar-refractivity contribution is -0.384. The SMILES string of the molecule is CCn1c(C)cc(/C=C(/C#N)c2cccc([N+](=O)[O-])c2)c1C. The van der Waals surface area contributed by atoms with Gasteiger partial charge in [-0.05, 0) is 44.0 Å². The Hall–Kier alpha value is -2.87. The second kappa shape index (κ2) is 6.27. The lowest BCUT2D eigenvalue weighted by atomic mass is 10.0. The van der Waals surface area contributed by atoms with E-state index in [1.54, 1.807) is 18.2 Å². The molecule has 0 atom stereocenters. The molecule has 0 spiro atoms. The van der Waals surface area contributed by atoms with E-state index in [0.717, 1.165) is 23.5 Å². The number of non-ortho nitro benzene ring substituents is 1. The number of nitro benzene ring substituents is 1. The van der Waals surface area contributed by atoms with Gasteiger partial charge in [-0.15, -0.1) is 0 Å². The van der Waals surface area contributed by atoms with Gasteiger partial charge in [0.1, 0.15) is 0 Å². The van der Waals surface area contributed by atoms with Gasteiger partial charge >= 0.3 is 0 Å². The van der Waals surface area contributed by atoms with E-state index in [1.165, 1.54) is 12.1 Å². The molecule has 0 saturated heterocycles. The van der Waals surface area contributed by atoms with Crippen LogP contribution in [0.1, 0.15) is 29.4 Å². The van der Waals surface area contributed by atoms with Crippen molar-refractivity contribution < 1.29 is 4.92 Å². The molecule has 1 heterocycles. The number of nitrogens with zero attached hydrogens (tertiary/aromatic N) is 3. The van der Waals surface area contributed by atoms with Gasteiger partial charge in [0.05, 0.1) is 16.6 Å². The molecule has 0 amide bonds. The largest absolute Gasteiger partial charge is 0.349 e. The molecular formula is C17H17N3O2. The van der Waals surface area contributed by atoms with Crippen LogP contribution < -0.4 is 0 Å². The Bertz CT molecular complexity index is 795. The number of hydrogen-bond donors (Lipinski definition) is 0. The maximum atomic E-state index is 10.9. The molecule has 0 fully saturated rings. The smallest absolute Gasteiger partial charge is 0.270 e. The standard InChI is InChI=1S/C17H17N3O2/c1-4-19-12(2)8-15(13(19)3)9-16(11-18)14-6-5-7-17(10-14)20(21)22/h5-10H,4H2,1-3H3/b16-9-. The molecular weight excluding hydrogens is 278 g/mol. The maximum Gasteiger partial charge on any atom is 0.270 e. The average molecular weight is 295 g/mol. The molecule has 2 rings (SSSR count). The van der Waals surface area contributed by atoms with Gasteiger partial charge in [0.25, 0.3) is 5.69 Å². The van der Waals surface area contributed by atoms with E-state index >= 15 is 0 Å². The third-order valence-corrected chi connectivity index (χ3v) is 3.72. The van der Waals surface area contributed by atoms with Gasteiger partial charge in [0.2, 0.25) is 0 Å². The van der Waals surface area contributed by atoms with Gasteiger partial charge in [0, 0.05) is 30.1 Å². The molecule has 0 N–H and O–H groups in total. The van der Waals surface area contributed by atoms with E-state index in [9.17, 15) is 15.4 Å². The molecule has 22 heavy (non-hydrogen) atoms. The fraction of sp³-hybridized carbons (Fsp3) is 0.235. The van der Waals surface area contributed by atoms with Gasteiger partial charge < -0.3 is 4.57 Å². The van der Waals surface area contributed by atoms with Crippen LogP contribution in [0.2, 0.25) is 0 Å². The first kappa shape index (κ1) is 15.5. The minimum absolute atomic E-state index is 0.0160. The van der Waals surface area contributed by atoms with Gasteiger partial charge in [-0.1, -0.05) is 12.1 Å². The van der Waals surface area contributed by atoms with Gasteiger partial charge in [-0.2, -0.15) is 5.26 Å². The third-order valence-electron chi connectivity index (χ3n) is 3.72. The van der Waals surface area contributed by atoms with Crippen molar-refractivity contribution in [2.24, 2.45) is 0 Å². The molecule has 112 valence electrons. The minimum Gasteiger partial charge on any atom is -0.349 e. The predicted molar refractivity (Wildman–Crippen MR) is 86.2 cm³/mol. The summed E-state index contributed by atoms with van der Waals surface area (Å²) < 4.78 is 2.16. The van der Waals surface area contributed by atoms with Crippen LogP contribution in [0.4, 0.5) is 5.69 Å². The summed E-state index contributed by atoms with van der Waals surface area (Å²) in [5, 5.41) is 20.3. The first-order valence-electron chi connectivity index (χ1n) is 7.01. The highest BCUT2D eigenvalue weighted by Gasteiger charge is 2.11. The van der Waals surface area contributed by atoms with Crippen molar-refractivity contribution in [1.82, 2.24) is 4.57 Å². The van der Waals surface area contributed by atoms with Gasteiger partial charge in [-0.25, -0.2) is 0 Å². The van der Waals surface area contributed by atoms with Crippen LogP contribution in [-0.2, 0) is 6.54 Å². The number of hydrogen-bond acceptors (Lipinski definition) is 3. The fourth-order valence-electron chi connectivity index (χ4n) is 2.58. The van der Waals surface area contributed by atoms with Gasteiger partial charge in [-0.3, -0.25) is 10.1 Å². The Labute approximate surface area is 129 Å². The predicted octanol–water partition coefficient (Wildman–Crippen LogP) is 4.10. The number of allylic oxidation sites excluding steroid dienone is 1.